The first-order chi connectivity index (χ1) is 7.74. The van der Waals surface area contributed by atoms with E-state index in [4.69, 9.17) is 9.47 Å². The molecule has 90 valence electrons. The van der Waals surface area contributed by atoms with Gasteiger partial charge in [0, 0.05) is 23.1 Å². The van der Waals surface area contributed by atoms with Gasteiger partial charge in [-0.25, -0.2) is 0 Å². The first kappa shape index (κ1) is 13.7. The minimum Gasteiger partial charge on any atom is -0.465 e. The maximum Gasteiger partial charge on any atom is 0.311 e. The molecule has 0 unspecified atom stereocenters. The summed E-state index contributed by atoms with van der Waals surface area (Å²) in [7, 11) is 1.67. The monoisotopic (exact) mass is 306 g/mol. The number of halogens is 1. The van der Waals surface area contributed by atoms with Crippen molar-refractivity contribution in [3.63, 3.8) is 0 Å². The molecule has 0 aromatic carbocycles. The number of methoxy groups -OCH3 is 1. The van der Waals surface area contributed by atoms with Crippen LogP contribution in [-0.4, -0.2) is 26.3 Å². The summed E-state index contributed by atoms with van der Waals surface area (Å²) in [6, 6.07) is 1.94. The van der Waals surface area contributed by atoms with Gasteiger partial charge in [-0.1, -0.05) is 0 Å². The number of hydrogen-bond acceptors (Lipinski definition) is 4. The molecular weight excluding hydrogens is 292 g/mol. The molecule has 5 heteroatoms. The van der Waals surface area contributed by atoms with Gasteiger partial charge in [-0.05, 0) is 40.2 Å². The molecule has 0 fully saturated rings. The largest absolute Gasteiger partial charge is 0.465 e. The predicted molar refractivity (Wildman–Crippen MR) is 67.8 cm³/mol. The molecule has 0 aliphatic heterocycles. The Kier molecular flexibility index (Phi) is 6.68. The Labute approximate surface area is 108 Å². The molecule has 0 saturated carbocycles. The van der Waals surface area contributed by atoms with Gasteiger partial charge in [0.15, 0.2) is 0 Å². The molecule has 0 bridgehead atoms. The number of rotatable bonds is 7. The average molecular weight is 307 g/mol. The van der Waals surface area contributed by atoms with Gasteiger partial charge in [-0.3, -0.25) is 4.79 Å². The van der Waals surface area contributed by atoms with Gasteiger partial charge >= 0.3 is 5.97 Å². The molecule has 0 aliphatic rings. The lowest BCUT2D eigenvalue weighted by Crippen LogP contribution is -2.09. The molecule has 1 rings (SSSR count). The van der Waals surface area contributed by atoms with Crippen LogP contribution in [0.3, 0.4) is 0 Å². The number of thiophene rings is 1. The second-order valence-electron chi connectivity index (χ2n) is 3.29. The summed E-state index contributed by atoms with van der Waals surface area (Å²) in [5.74, 6) is -0.166. The van der Waals surface area contributed by atoms with E-state index in [-0.39, 0.29) is 5.97 Å². The highest BCUT2D eigenvalue weighted by molar-refractivity contribution is 9.10. The lowest BCUT2D eigenvalue weighted by atomic mass is 10.3. The maximum absolute atomic E-state index is 11.4. The van der Waals surface area contributed by atoms with Crippen molar-refractivity contribution >= 4 is 33.2 Å². The van der Waals surface area contributed by atoms with Gasteiger partial charge in [0.25, 0.3) is 0 Å². The quantitative estimate of drug-likeness (QED) is 0.574. The maximum atomic E-state index is 11.4. The summed E-state index contributed by atoms with van der Waals surface area (Å²) in [6.07, 6.45) is 2.13. The van der Waals surface area contributed by atoms with Crippen molar-refractivity contribution in [3.8, 4) is 0 Å². The molecule has 0 spiro atoms. The fourth-order valence-electron chi connectivity index (χ4n) is 1.17. The molecule has 0 N–H and O–H groups in total. The van der Waals surface area contributed by atoms with E-state index in [1.54, 1.807) is 18.4 Å². The van der Waals surface area contributed by atoms with E-state index >= 15 is 0 Å². The number of ether oxygens (including phenoxy) is 2. The van der Waals surface area contributed by atoms with Crippen molar-refractivity contribution in [2.45, 2.75) is 19.3 Å². The van der Waals surface area contributed by atoms with E-state index in [0.29, 0.717) is 19.6 Å². The topological polar surface area (TPSA) is 35.5 Å². The smallest absolute Gasteiger partial charge is 0.311 e. The number of unbranched alkanes of at least 4 members (excludes halogenated alkanes) is 1. The van der Waals surface area contributed by atoms with E-state index < -0.39 is 0 Å². The molecule has 0 aliphatic carbocycles. The van der Waals surface area contributed by atoms with Gasteiger partial charge < -0.3 is 9.47 Å². The standard InChI is InChI=1S/C11H15BrO3S/c1-14-5-2-3-6-15-11(13)8-10-9(12)4-7-16-10/h4,7H,2-3,5-6,8H2,1H3. The zero-order chi connectivity index (χ0) is 11.8. The van der Waals surface area contributed by atoms with Crippen LogP contribution in [0.5, 0.6) is 0 Å². The molecule has 1 aromatic heterocycles. The summed E-state index contributed by atoms with van der Waals surface area (Å²) in [4.78, 5) is 12.4. The van der Waals surface area contributed by atoms with Crippen LogP contribution in [0.2, 0.25) is 0 Å². The van der Waals surface area contributed by atoms with Crippen LogP contribution >= 0.6 is 27.3 Å². The Morgan fingerprint density at radius 1 is 1.44 bits per heavy atom. The van der Waals surface area contributed by atoms with Crippen molar-refractivity contribution < 1.29 is 14.3 Å². The fraction of sp³-hybridized carbons (Fsp3) is 0.545. The molecule has 0 saturated heterocycles. The third-order valence-electron chi connectivity index (χ3n) is 2.00. The van der Waals surface area contributed by atoms with Crippen LogP contribution in [-0.2, 0) is 20.7 Å². The Hall–Kier alpha value is -0.390. The van der Waals surface area contributed by atoms with E-state index in [0.717, 1.165) is 22.2 Å². The number of carbonyl (C=O) groups excluding carboxylic acids is 1. The lowest BCUT2D eigenvalue weighted by molar-refractivity contribution is -0.142. The van der Waals surface area contributed by atoms with Crippen molar-refractivity contribution in [3.05, 3.63) is 20.8 Å². The van der Waals surface area contributed by atoms with Crippen molar-refractivity contribution in [2.75, 3.05) is 20.3 Å². The highest BCUT2D eigenvalue weighted by atomic mass is 79.9. The van der Waals surface area contributed by atoms with Crippen LogP contribution in [0.1, 0.15) is 17.7 Å². The zero-order valence-corrected chi connectivity index (χ0v) is 11.6. The van der Waals surface area contributed by atoms with E-state index in [9.17, 15) is 4.79 Å². The summed E-state index contributed by atoms with van der Waals surface area (Å²) in [6.45, 7) is 1.19. The SMILES string of the molecule is COCCCCOC(=O)Cc1sccc1Br. The Morgan fingerprint density at radius 2 is 2.19 bits per heavy atom. The van der Waals surface area contributed by atoms with Crippen LogP contribution in [0, 0.1) is 0 Å². The molecule has 0 atom stereocenters. The summed E-state index contributed by atoms with van der Waals surface area (Å²) in [5, 5.41) is 1.95. The molecule has 3 nitrogen and oxygen atoms in total. The number of esters is 1. The Bertz CT molecular complexity index is 325. The molecule has 1 aromatic rings. The van der Waals surface area contributed by atoms with E-state index in [2.05, 4.69) is 15.9 Å². The van der Waals surface area contributed by atoms with E-state index in [1.807, 2.05) is 11.4 Å². The summed E-state index contributed by atoms with van der Waals surface area (Å²) in [5.41, 5.74) is 0. The first-order valence-corrected chi connectivity index (χ1v) is 6.77. The van der Waals surface area contributed by atoms with Crippen LogP contribution in [0.25, 0.3) is 0 Å². The van der Waals surface area contributed by atoms with Gasteiger partial charge in [0.2, 0.25) is 0 Å². The fourth-order valence-corrected chi connectivity index (χ4v) is 2.65. The first-order valence-electron chi connectivity index (χ1n) is 5.10. The van der Waals surface area contributed by atoms with Crippen LogP contribution < -0.4 is 0 Å². The molecule has 1 heterocycles. The van der Waals surface area contributed by atoms with Crippen molar-refractivity contribution in [1.82, 2.24) is 0 Å². The number of hydrogen-bond donors (Lipinski definition) is 0. The lowest BCUT2D eigenvalue weighted by Gasteiger charge is -2.03. The summed E-state index contributed by atoms with van der Waals surface area (Å²) >= 11 is 4.94. The minimum absolute atomic E-state index is 0.166. The second kappa shape index (κ2) is 7.81. The number of carbonyl (C=O) groups is 1. The summed E-state index contributed by atoms with van der Waals surface area (Å²) < 4.78 is 11.0. The molecule has 0 radical (unpaired) electrons. The molecule has 0 amide bonds. The van der Waals surface area contributed by atoms with Crippen molar-refractivity contribution in [2.24, 2.45) is 0 Å². The van der Waals surface area contributed by atoms with Gasteiger partial charge in [0.05, 0.1) is 13.0 Å². The third kappa shape index (κ3) is 5.09. The Morgan fingerprint density at radius 3 is 2.81 bits per heavy atom. The average Bonchev–Trinajstić information content (AvgIpc) is 2.64. The molecular formula is C11H15BrO3S. The van der Waals surface area contributed by atoms with Crippen LogP contribution in [0.15, 0.2) is 15.9 Å². The van der Waals surface area contributed by atoms with Gasteiger partial charge in [0.1, 0.15) is 0 Å². The normalized spacial score (nSPS) is 10.4. The van der Waals surface area contributed by atoms with E-state index in [1.165, 1.54) is 0 Å². The predicted octanol–water partition coefficient (Wildman–Crippen LogP) is 3.02. The van der Waals surface area contributed by atoms with Crippen LogP contribution in [0.4, 0.5) is 0 Å². The van der Waals surface area contributed by atoms with Gasteiger partial charge in [-0.2, -0.15) is 0 Å². The highest BCUT2D eigenvalue weighted by Crippen LogP contribution is 2.23. The van der Waals surface area contributed by atoms with Crippen molar-refractivity contribution in [1.29, 1.82) is 0 Å². The highest BCUT2D eigenvalue weighted by Gasteiger charge is 2.08. The van der Waals surface area contributed by atoms with Gasteiger partial charge in [-0.15, -0.1) is 11.3 Å². The Balaban J connectivity index is 2.14. The third-order valence-corrected chi connectivity index (χ3v) is 3.93. The second-order valence-corrected chi connectivity index (χ2v) is 5.14. The zero-order valence-electron chi connectivity index (χ0n) is 9.20. The minimum atomic E-state index is -0.166. The molecule has 16 heavy (non-hydrogen) atoms.